The fourth-order valence-electron chi connectivity index (χ4n) is 4.76. The van der Waals surface area contributed by atoms with Crippen molar-refractivity contribution in [2.24, 2.45) is 7.05 Å². The van der Waals surface area contributed by atoms with Crippen LogP contribution in [0.25, 0.3) is 11.0 Å². The number of aliphatic hydroxyl groups excluding tert-OH is 1. The Morgan fingerprint density at radius 2 is 1.97 bits per heavy atom. The van der Waals surface area contributed by atoms with E-state index in [1.807, 2.05) is 35.9 Å². The summed E-state index contributed by atoms with van der Waals surface area (Å²) >= 11 is 0. The molecule has 0 saturated heterocycles. The summed E-state index contributed by atoms with van der Waals surface area (Å²) in [4.78, 5) is 11.7. The van der Waals surface area contributed by atoms with Gasteiger partial charge < -0.3 is 35.1 Å². The van der Waals surface area contributed by atoms with Gasteiger partial charge in [-0.15, -0.1) is 0 Å². The Morgan fingerprint density at radius 3 is 2.78 bits per heavy atom. The van der Waals surface area contributed by atoms with E-state index in [1.54, 1.807) is 7.11 Å². The number of rotatable bonds is 14. The molecule has 3 heterocycles. The number of ether oxygens (including phenoxy) is 1. The first-order valence-corrected chi connectivity index (χ1v) is 13.0. The van der Waals surface area contributed by atoms with E-state index in [0.717, 1.165) is 74.4 Å². The van der Waals surface area contributed by atoms with Crippen LogP contribution in [0.3, 0.4) is 0 Å². The minimum Gasteiger partial charge on any atom is -0.383 e. The van der Waals surface area contributed by atoms with Crippen molar-refractivity contribution in [2.75, 3.05) is 50.5 Å². The van der Waals surface area contributed by atoms with E-state index in [2.05, 4.69) is 32.7 Å². The summed E-state index contributed by atoms with van der Waals surface area (Å²) in [7, 11) is 3.64. The second kappa shape index (κ2) is 13.0. The van der Waals surface area contributed by atoms with E-state index in [0.29, 0.717) is 19.0 Å². The lowest BCUT2D eigenvalue weighted by molar-refractivity contribution is -0.0562. The van der Waals surface area contributed by atoms with Gasteiger partial charge in [0.2, 0.25) is 5.95 Å². The molecule has 1 aliphatic rings. The zero-order valence-electron chi connectivity index (χ0n) is 21.5. The summed E-state index contributed by atoms with van der Waals surface area (Å²) in [6.07, 6.45) is 4.42. The Labute approximate surface area is 213 Å². The highest BCUT2D eigenvalue weighted by Gasteiger charge is 2.21. The number of pyridine rings is 1. The van der Waals surface area contributed by atoms with Crippen molar-refractivity contribution < 1.29 is 14.9 Å². The van der Waals surface area contributed by atoms with Gasteiger partial charge in [-0.25, -0.2) is 9.97 Å². The molecule has 9 heteroatoms. The predicted octanol–water partition coefficient (Wildman–Crippen LogP) is 2.78. The number of nitrogens with one attached hydrogen (secondary N) is 2. The lowest BCUT2D eigenvalue weighted by Gasteiger charge is -2.26. The molecule has 1 aliphatic heterocycles. The smallest absolute Gasteiger partial charge is 0.204 e. The Balaban J connectivity index is 1.28. The van der Waals surface area contributed by atoms with Gasteiger partial charge in [-0.3, -0.25) is 0 Å². The molecule has 0 aliphatic carbocycles. The number of methoxy groups -OCH3 is 1. The minimum atomic E-state index is -1.49. The molecule has 0 bridgehead atoms. The maximum atomic E-state index is 10.1. The number of aliphatic hydroxyl groups is 2. The Bertz CT molecular complexity index is 1100. The van der Waals surface area contributed by atoms with E-state index < -0.39 is 12.3 Å². The second-order valence-electron chi connectivity index (χ2n) is 9.57. The first-order chi connectivity index (χ1) is 17.5. The molecule has 9 nitrogen and oxygen atoms in total. The number of aryl methyl sites for hydroxylation is 3. The maximum Gasteiger partial charge on any atom is 0.204 e. The number of hydrogen-bond acceptors (Lipinski definition) is 8. The molecule has 0 fully saturated rings. The Kier molecular flexibility index (Phi) is 9.52. The molecular formula is C27H40N6O3. The van der Waals surface area contributed by atoms with Crippen molar-refractivity contribution in [1.82, 2.24) is 19.4 Å². The van der Waals surface area contributed by atoms with Gasteiger partial charge >= 0.3 is 0 Å². The summed E-state index contributed by atoms with van der Waals surface area (Å²) < 4.78 is 7.26. The van der Waals surface area contributed by atoms with Crippen molar-refractivity contribution >= 4 is 22.8 Å². The van der Waals surface area contributed by atoms with E-state index in [-0.39, 0.29) is 0 Å². The molecule has 0 radical (unpaired) electrons. The van der Waals surface area contributed by atoms with Crippen molar-refractivity contribution in [1.29, 1.82) is 0 Å². The average molecular weight is 497 g/mol. The molecule has 0 amide bonds. The van der Waals surface area contributed by atoms with Crippen LogP contribution in [-0.4, -0.2) is 81.9 Å². The second-order valence-corrected chi connectivity index (χ2v) is 9.57. The molecule has 196 valence electrons. The number of nitrogens with zero attached hydrogens (tertiary/aromatic N) is 4. The van der Waals surface area contributed by atoms with Crippen LogP contribution >= 0.6 is 0 Å². The highest BCUT2D eigenvalue weighted by atomic mass is 16.5. The molecule has 4 N–H and O–H groups in total. The van der Waals surface area contributed by atoms with E-state index in [4.69, 9.17) is 9.72 Å². The summed E-state index contributed by atoms with van der Waals surface area (Å²) in [5, 5.41) is 26.8. The molecule has 0 unspecified atom stereocenters. The molecule has 0 spiro atoms. The highest BCUT2D eigenvalue weighted by Crippen LogP contribution is 2.21. The van der Waals surface area contributed by atoms with Crippen molar-refractivity contribution in [2.45, 2.75) is 50.9 Å². The highest BCUT2D eigenvalue weighted by molar-refractivity contribution is 5.78. The number of unbranched alkanes of at least 4 members (excludes halogenated alkanes) is 1. The van der Waals surface area contributed by atoms with Crippen LogP contribution in [0.1, 0.15) is 36.9 Å². The van der Waals surface area contributed by atoms with Gasteiger partial charge in [-0.1, -0.05) is 18.2 Å². The van der Waals surface area contributed by atoms with Crippen molar-refractivity contribution in [3.8, 4) is 0 Å². The largest absolute Gasteiger partial charge is 0.383 e. The maximum absolute atomic E-state index is 10.1. The summed E-state index contributed by atoms with van der Waals surface area (Å²) in [6, 6.07) is 11.7. The van der Waals surface area contributed by atoms with Crippen LogP contribution in [0.2, 0.25) is 0 Å². The summed E-state index contributed by atoms with van der Waals surface area (Å²) in [5.41, 5.74) is 4.34. The van der Waals surface area contributed by atoms with Gasteiger partial charge in [0.05, 0.1) is 23.7 Å². The molecule has 36 heavy (non-hydrogen) atoms. The van der Waals surface area contributed by atoms with Gasteiger partial charge in [-0.2, -0.15) is 0 Å². The number of para-hydroxylation sites is 2. The number of hydrogen-bond donors (Lipinski definition) is 4. The van der Waals surface area contributed by atoms with Crippen LogP contribution < -0.4 is 10.6 Å². The van der Waals surface area contributed by atoms with Crippen LogP contribution in [0.5, 0.6) is 0 Å². The minimum absolute atomic E-state index is 0.530. The first kappa shape index (κ1) is 26.3. The monoisotopic (exact) mass is 496 g/mol. The predicted molar refractivity (Wildman–Crippen MR) is 143 cm³/mol. The molecule has 1 atom stereocenters. The Morgan fingerprint density at radius 1 is 1.11 bits per heavy atom. The van der Waals surface area contributed by atoms with E-state index >= 15 is 0 Å². The zero-order valence-corrected chi connectivity index (χ0v) is 21.5. The van der Waals surface area contributed by atoms with Crippen LogP contribution in [0.15, 0.2) is 36.4 Å². The lowest BCUT2D eigenvalue weighted by atomic mass is 10.1. The van der Waals surface area contributed by atoms with Gasteiger partial charge in [0.15, 0.2) is 6.29 Å². The third-order valence-corrected chi connectivity index (χ3v) is 6.94. The fourth-order valence-corrected chi connectivity index (χ4v) is 4.76. The van der Waals surface area contributed by atoms with Gasteiger partial charge in [0.1, 0.15) is 5.82 Å². The summed E-state index contributed by atoms with van der Waals surface area (Å²) in [6.45, 7) is 4.10. The average Bonchev–Trinajstić information content (AvgIpc) is 3.21. The van der Waals surface area contributed by atoms with Crippen LogP contribution in [0.4, 0.5) is 11.8 Å². The number of imidazole rings is 1. The van der Waals surface area contributed by atoms with Crippen molar-refractivity contribution in [3.05, 3.63) is 47.7 Å². The quantitative estimate of drug-likeness (QED) is 0.199. The molecule has 1 aromatic carbocycles. The van der Waals surface area contributed by atoms with Crippen molar-refractivity contribution in [3.63, 3.8) is 0 Å². The number of benzene rings is 1. The third-order valence-electron chi connectivity index (χ3n) is 6.94. The van der Waals surface area contributed by atoms with Crippen LogP contribution in [0, 0.1) is 0 Å². The van der Waals surface area contributed by atoms with Gasteiger partial charge in [0.25, 0.3) is 0 Å². The van der Waals surface area contributed by atoms with E-state index in [1.165, 1.54) is 12.0 Å². The third kappa shape index (κ3) is 6.94. The standard InChI is InChI=1S/C27H40N6O3/c1-32-24-11-4-3-10-22(24)30-27(32)31-23(26(34)35)14-17-33(18-19-36-2)16-6-5-9-21-13-12-20-8-7-15-28-25(20)29-21/h3-4,10-13,23,26,34-35H,5-9,14-19H2,1-2H3,(H,28,29)(H,30,31)/t23-/m0/s1. The van der Waals surface area contributed by atoms with Crippen LogP contribution in [-0.2, 0) is 24.6 Å². The number of aromatic nitrogens is 3. The lowest BCUT2D eigenvalue weighted by Crippen LogP contribution is -2.39. The molecule has 0 saturated carbocycles. The molecule has 3 aromatic rings. The van der Waals surface area contributed by atoms with E-state index in [9.17, 15) is 10.2 Å². The molecule has 2 aromatic heterocycles. The molecule has 4 rings (SSSR count). The number of anilines is 2. The van der Waals surface area contributed by atoms with Gasteiger partial charge in [-0.05, 0) is 68.8 Å². The van der Waals surface area contributed by atoms with Gasteiger partial charge in [0, 0.05) is 39.5 Å². The zero-order chi connectivity index (χ0) is 25.3. The molecular weight excluding hydrogens is 456 g/mol. The first-order valence-electron chi connectivity index (χ1n) is 13.0. The normalized spacial score (nSPS) is 14.3. The SMILES string of the molecule is COCCN(CCCCc1ccc2c(n1)NCCC2)CC[C@H](Nc1nc2ccccc2n1C)C(O)O. The Hall–Kier alpha value is -2.72. The topological polar surface area (TPSA) is 108 Å². The fraction of sp³-hybridized carbons (Fsp3) is 0.556. The summed E-state index contributed by atoms with van der Waals surface area (Å²) in [5.74, 6) is 1.69. The number of fused-ring (bicyclic) bond motifs is 2.